The summed E-state index contributed by atoms with van der Waals surface area (Å²) in [6.45, 7) is 10.3. The van der Waals surface area contributed by atoms with Gasteiger partial charge in [0.1, 0.15) is 5.82 Å². The Labute approximate surface area is 187 Å². The number of carbonyl (C=O) groups is 2. The molecular formula is C22H30N6O4. The van der Waals surface area contributed by atoms with Crippen LogP contribution in [0.2, 0.25) is 0 Å². The number of carbonyl (C=O) groups excluding carboxylic acids is 2. The van der Waals surface area contributed by atoms with Crippen molar-refractivity contribution in [3.63, 3.8) is 0 Å². The summed E-state index contributed by atoms with van der Waals surface area (Å²) in [7, 11) is 0. The molecule has 10 nitrogen and oxygen atoms in total. The van der Waals surface area contributed by atoms with Crippen LogP contribution in [0.4, 0.5) is 16.3 Å². The number of hydrogen-bond donors (Lipinski definition) is 4. The van der Waals surface area contributed by atoms with Gasteiger partial charge in [0.05, 0.1) is 11.6 Å². The molecule has 4 rings (SSSR count). The van der Waals surface area contributed by atoms with Gasteiger partial charge in [-0.2, -0.15) is 5.10 Å². The lowest BCUT2D eigenvalue weighted by molar-refractivity contribution is -0.130. The second-order valence-electron chi connectivity index (χ2n) is 9.14. The maximum absolute atomic E-state index is 12.8. The number of urea groups is 1. The molecule has 0 saturated carbocycles. The highest BCUT2D eigenvalue weighted by Gasteiger charge is 2.35. The largest absolute Gasteiger partial charge is 0.454 e. The van der Waals surface area contributed by atoms with Crippen LogP contribution in [0.15, 0.2) is 24.3 Å². The number of nitrogens with one attached hydrogen (secondary N) is 4. The predicted octanol–water partition coefficient (Wildman–Crippen LogP) is 3.14. The van der Waals surface area contributed by atoms with E-state index in [0.29, 0.717) is 23.0 Å². The third kappa shape index (κ3) is 4.36. The van der Waals surface area contributed by atoms with Crippen molar-refractivity contribution in [3.8, 4) is 11.5 Å². The molecule has 1 aromatic heterocycles. The lowest BCUT2D eigenvalue weighted by atomic mass is 9.92. The Morgan fingerprint density at radius 1 is 1.22 bits per heavy atom. The number of amides is 3. The zero-order valence-electron chi connectivity index (χ0n) is 19.0. The van der Waals surface area contributed by atoms with Crippen molar-refractivity contribution >= 4 is 23.4 Å². The molecule has 3 unspecified atom stereocenters. The van der Waals surface area contributed by atoms with Crippen molar-refractivity contribution in [2.75, 3.05) is 17.4 Å². The van der Waals surface area contributed by atoms with E-state index in [9.17, 15) is 9.59 Å². The van der Waals surface area contributed by atoms with Gasteiger partial charge in [-0.05, 0) is 25.5 Å². The maximum Gasteiger partial charge on any atom is 0.324 e. The minimum atomic E-state index is -0.572. The average Bonchev–Trinajstić information content (AvgIpc) is 3.34. The number of hydrogen-bond acceptors (Lipinski definition) is 6. The van der Waals surface area contributed by atoms with Gasteiger partial charge >= 0.3 is 6.03 Å². The Morgan fingerprint density at radius 2 is 1.97 bits per heavy atom. The second kappa shape index (κ2) is 8.34. The average molecular weight is 443 g/mol. The van der Waals surface area contributed by atoms with E-state index < -0.39 is 12.3 Å². The summed E-state index contributed by atoms with van der Waals surface area (Å²) in [6.07, 6.45) is 0.166. The molecule has 0 spiro atoms. The lowest BCUT2D eigenvalue weighted by Gasteiger charge is -2.35. The fraction of sp³-hybridized carbons (Fsp3) is 0.500. The highest BCUT2D eigenvalue weighted by atomic mass is 16.7. The Balaban J connectivity index is 1.55. The molecule has 0 aliphatic carbocycles. The van der Waals surface area contributed by atoms with Gasteiger partial charge in [-0.25, -0.2) is 9.48 Å². The van der Waals surface area contributed by atoms with E-state index in [-0.39, 0.29) is 30.1 Å². The van der Waals surface area contributed by atoms with E-state index in [1.165, 1.54) is 0 Å². The Morgan fingerprint density at radius 3 is 2.66 bits per heavy atom. The minimum Gasteiger partial charge on any atom is -0.454 e. The van der Waals surface area contributed by atoms with Gasteiger partial charge in [-0.1, -0.05) is 27.7 Å². The number of aromatic nitrogens is 2. The number of benzene rings is 1. The van der Waals surface area contributed by atoms with Crippen molar-refractivity contribution in [2.45, 2.75) is 58.8 Å². The van der Waals surface area contributed by atoms with E-state index in [0.717, 1.165) is 12.1 Å². The van der Waals surface area contributed by atoms with Crippen molar-refractivity contribution < 1.29 is 19.1 Å². The summed E-state index contributed by atoms with van der Waals surface area (Å²) in [5.41, 5.74) is 1.11. The Kier molecular flexibility index (Phi) is 5.72. The van der Waals surface area contributed by atoms with Crippen LogP contribution in [0.3, 0.4) is 0 Å². The summed E-state index contributed by atoms with van der Waals surface area (Å²) >= 11 is 0. The Hall–Kier alpha value is -3.27. The fourth-order valence-electron chi connectivity index (χ4n) is 3.85. The van der Waals surface area contributed by atoms with E-state index in [1.54, 1.807) is 22.9 Å². The molecule has 3 atom stereocenters. The summed E-state index contributed by atoms with van der Waals surface area (Å²) < 4.78 is 12.3. The third-order valence-corrected chi connectivity index (χ3v) is 5.70. The summed E-state index contributed by atoms with van der Waals surface area (Å²) in [5, 5.41) is 16.7. The molecule has 4 N–H and O–H groups in total. The predicted molar refractivity (Wildman–Crippen MR) is 120 cm³/mol. The van der Waals surface area contributed by atoms with Crippen LogP contribution in [0.25, 0.3) is 0 Å². The van der Waals surface area contributed by atoms with Crippen LogP contribution in [0.1, 0.15) is 53.0 Å². The number of anilines is 2. The number of ether oxygens (including phenoxy) is 2. The van der Waals surface area contributed by atoms with Gasteiger partial charge in [0.15, 0.2) is 17.8 Å². The van der Waals surface area contributed by atoms with Crippen molar-refractivity contribution in [3.05, 3.63) is 30.0 Å². The van der Waals surface area contributed by atoms with Crippen LogP contribution in [-0.4, -0.2) is 34.6 Å². The van der Waals surface area contributed by atoms with Gasteiger partial charge in [0.2, 0.25) is 12.7 Å². The summed E-state index contributed by atoms with van der Waals surface area (Å²) in [6, 6.07) is 6.54. The van der Waals surface area contributed by atoms with Gasteiger partial charge in [-0.3, -0.25) is 15.4 Å². The van der Waals surface area contributed by atoms with E-state index in [1.807, 2.05) is 40.7 Å². The lowest BCUT2D eigenvalue weighted by Crippen LogP contribution is -2.57. The molecule has 172 valence electrons. The normalized spacial score (nSPS) is 22.4. The monoisotopic (exact) mass is 442 g/mol. The highest BCUT2D eigenvalue weighted by molar-refractivity contribution is 5.99. The first-order valence-corrected chi connectivity index (χ1v) is 10.8. The molecule has 10 heteroatoms. The molecule has 32 heavy (non-hydrogen) atoms. The van der Waals surface area contributed by atoms with Crippen molar-refractivity contribution in [1.82, 2.24) is 20.4 Å². The van der Waals surface area contributed by atoms with E-state index in [2.05, 4.69) is 21.3 Å². The smallest absolute Gasteiger partial charge is 0.324 e. The summed E-state index contributed by atoms with van der Waals surface area (Å²) in [5.74, 6) is 1.54. The third-order valence-electron chi connectivity index (χ3n) is 5.70. The Bertz CT molecular complexity index is 1030. The molecule has 2 aliphatic heterocycles. The van der Waals surface area contributed by atoms with Gasteiger partial charge in [0.25, 0.3) is 0 Å². The van der Waals surface area contributed by atoms with Crippen LogP contribution in [0.5, 0.6) is 11.5 Å². The van der Waals surface area contributed by atoms with E-state index >= 15 is 0 Å². The van der Waals surface area contributed by atoms with Gasteiger partial charge in [0, 0.05) is 29.3 Å². The van der Waals surface area contributed by atoms with E-state index in [4.69, 9.17) is 14.6 Å². The first-order chi connectivity index (χ1) is 15.2. The standard InChI is InChI=1S/C22H30N6O4/c1-6-14-12(2)23-20(26-19(14)29)28-18(10-17(27-28)22(3,4)5)25-21(30)24-13-7-8-15-16(9-13)32-11-31-15/h7-10,12,14,20,23H,6,11H2,1-5H3,(H,26,29)(H2,24,25,30). The molecule has 1 fully saturated rings. The van der Waals surface area contributed by atoms with Crippen LogP contribution < -0.4 is 30.7 Å². The molecule has 1 saturated heterocycles. The van der Waals surface area contributed by atoms with Crippen molar-refractivity contribution in [2.24, 2.45) is 5.92 Å². The molecule has 0 radical (unpaired) electrons. The highest BCUT2D eigenvalue weighted by Crippen LogP contribution is 2.34. The number of rotatable bonds is 4. The van der Waals surface area contributed by atoms with Crippen molar-refractivity contribution in [1.29, 1.82) is 0 Å². The molecule has 1 aromatic carbocycles. The first kappa shape index (κ1) is 21.9. The molecule has 0 bridgehead atoms. The van der Waals surface area contributed by atoms with Gasteiger partial charge < -0.3 is 20.1 Å². The molecule has 3 amide bonds. The zero-order valence-corrected chi connectivity index (χ0v) is 19.0. The zero-order chi connectivity index (χ0) is 23.0. The summed E-state index contributed by atoms with van der Waals surface area (Å²) in [4.78, 5) is 25.3. The maximum atomic E-state index is 12.8. The fourth-order valence-corrected chi connectivity index (χ4v) is 3.85. The van der Waals surface area contributed by atoms with Gasteiger partial charge in [-0.15, -0.1) is 0 Å². The van der Waals surface area contributed by atoms with Crippen LogP contribution in [0, 0.1) is 5.92 Å². The molecule has 2 aromatic rings. The topological polar surface area (TPSA) is 119 Å². The quantitative estimate of drug-likeness (QED) is 0.578. The number of nitrogens with zero attached hydrogens (tertiary/aromatic N) is 2. The second-order valence-corrected chi connectivity index (χ2v) is 9.14. The van der Waals surface area contributed by atoms with Crippen LogP contribution in [-0.2, 0) is 10.2 Å². The minimum absolute atomic E-state index is 0.0312. The SMILES string of the molecule is CCC1C(=O)NC(n2nc(C(C)(C)C)cc2NC(=O)Nc2ccc3c(c2)OCO3)NC1C. The molecular weight excluding hydrogens is 412 g/mol. The van der Waals surface area contributed by atoms with Crippen LogP contribution >= 0.6 is 0 Å². The molecule has 2 aliphatic rings. The molecule has 3 heterocycles. The number of fused-ring (bicyclic) bond motifs is 1. The first-order valence-electron chi connectivity index (χ1n) is 10.8.